The highest BCUT2D eigenvalue weighted by atomic mass is 16.5. The van der Waals surface area contributed by atoms with Crippen molar-refractivity contribution in [2.75, 3.05) is 13.7 Å². The van der Waals surface area contributed by atoms with Gasteiger partial charge in [-0.3, -0.25) is 0 Å². The summed E-state index contributed by atoms with van der Waals surface area (Å²) in [5, 5.41) is 0. The Balaban J connectivity index is 1.81. The molecular weight excluding hydrogens is 262 g/mol. The lowest BCUT2D eigenvalue weighted by Crippen LogP contribution is -2.19. The zero-order chi connectivity index (χ0) is 14.7. The number of hydrogen-bond donors (Lipinski definition) is 1. The van der Waals surface area contributed by atoms with E-state index in [0.29, 0.717) is 13.2 Å². The predicted octanol–water partition coefficient (Wildman–Crippen LogP) is 3.26. The lowest BCUT2D eigenvalue weighted by atomic mass is 9.96. The second kappa shape index (κ2) is 5.78. The van der Waals surface area contributed by atoms with Crippen molar-refractivity contribution in [1.29, 1.82) is 0 Å². The number of rotatable bonds is 6. The maximum atomic E-state index is 5.96. The first-order chi connectivity index (χ1) is 10.3. The highest BCUT2D eigenvalue weighted by Crippen LogP contribution is 2.49. The molecule has 2 aromatic carbocycles. The summed E-state index contributed by atoms with van der Waals surface area (Å²) in [4.78, 5) is 0. The summed E-state index contributed by atoms with van der Waals surface area (Å²) >= 11 is 0. The average molecular weight is 283 g/mol. The molecule has 1 aliphatic rings. The Hall–Kier alpha value is -2.00. The van der Waals surface area contributed by atoms with Crippen LogP contribution < -0.4 is 15.2 Å². The Morgan fingerprint density at radius 2 is 1.81 bits per heavy atom. The van der Waals surface area contributed by atoms with Crippen molar-refractivity contribution in [2.45, 2.75) is 24.9 Å². The molecule has 0 atom stereocenters. The highest BCUT2D eigenvalue weighted by molar-refractivity contribution is 5.47. The number of hydrogen-bond acceptors (Lipinski definition) is 3. The first-order valence-corrected chi connectivity index (χ1v) is 7.33. The van der Waals surface area contributed by atoms with Crippen LogP contribution in [0.2, 0.25) is 0 Å². The predicted molar refractivity (Wildman–Crippen MR) is 83.7 cm³/mol. The summed E-state index contributed by atoms with van der Waals surface area (Å²) in [6, 6.07) is 16.3. The summed E-state index contributed by atoms with van der Waals surface area (Å²) in [6.07, 6.45) is 2.32. The molecule has 3 rings (SSSR count). The smallest absolute Gasteiger partial charge is 0.161 e. The Kier molecular flexibility index (Phi) is 3.84. The van der Waals surface area contributed by atoms with Crippen LogP contribution in [0.3, 0.4) is 0 Å². The van der Waals surface area contributed by atoms with Gasteiger partial charge in [0.25, 0.3) is 0 Å². The Bertz CT molecular complexity index is 606. The van der Waals surface area contributed by atoms with Crippen LogP contribution in [0.4, 0.5) is 0 Å². The normalized spacial score (nSPS) is 15.5. The minimum atomic E-state index is 0.164. The van der Waals surface area contributed by atoms with E-state index in [0.717, 1.165) is 29.9 Å². The minimum Gasteiger partial charge on any atom is -0.493 e. The summed E-state index contributed by atoms with van der Waals surface area (Å²) in [6.45, 7) is 1.23. The average Bonchev–Trinajstić information content (AvgIpc) is 3.35. The van der Waals surface area contributed by atoms with E-state index in [2.05, 4.69) is 24.3 Å². The fraction of sp³-hybridized carbons (Fsp3) is 0.333. The molecule has 21 heavy (non-hydrogen) atoms. The molecule has 3 nitrogen and oxygen atoms in total. The van der Waals surface area contributed by atoms with E-state index >= 15 is 0 Å². The van der Waals surface area contributed by atoms with E-state index in [-0.39, 0.29) is 5.41 Å². The standard InChI is InChI=1S/C18H21NO2/c1-20-16-8-7-15(18(13-19)9-10-18)11-17(16)21-12-14-5-3-2-4-6-14/h2-8,11H,9-10,12-13,19H2,1H3. The van der Waals surface area contributed by atoms with E-state index < -0.39 is 0 Å². The van der Waals surface area contributed by atoms with Crippen molar-refractivity contribution in [3.05, 3.63) is 59.7 Å². The van der Waals surface area contributed by atoms with Crippen LogP contribution in [0.25, 0.3) is 0 Å². The van der Waals surface area contributed by atoms with Gasteiger partial charge in [0.1, 0.15) is 6.61 Å². The molecule has 0 spiro atoms. The van der Waals surface area contributed by atoms with Crippen LogP contribution in [-0.4, -0.2) is 13.7 Å². The maximum Gasteiger partial charge on any atom is 0.161 e. The van der Waals surface area contributed by atoms with Crippen molar-refractivity contribution in [1.82, 2.24) is 0 Å². The summed E-state index contributed by atoms with van der Waals surface area (Å²) in [7, 11) is 1.67. The van der Waals surface area contributed by atoms with Crippen molar-refractivity contribution in [2.24, 2.45) is 5.73 Å². The SMILES string of the molecule is COc1ccc(C2(CN)CC2)cc1OCc1ccccc1. The van der Waals surface area contributed by atoms with Crippen LogP contribution in [-0.2, 0) is 12.0 Å². The molecule has 1 fully saturated rings. The Morgan fingerprint density at radius 1 is 1.05 bits per heavy atom. The number of nitrogens with two attached hydrogens (primary N) is 1. The van der Waals surface area contributed by atoms with Gasteiger partial charge in [0.15, 0.2) is 11.5 Å². The third-order valence-corrected chi connectivity index (χ3v) is 4.26. The van der Waals surface area contributed by atoms with Gasteiger partial charge in [-0.05, 0) is 36.1 Å². The number of ether oxygens (including phenoxy) is 2. The van der Waals surface area contributed by atoms with Gasteiger partial charge in [0.2, 0.25) is 0 Å². The topological polar surface area (TPSA) is 44.5 Å². The van der Waals surface area contributed by atoms with Crippen molar-refractivity contribution >= 4 is 0 Å². The molecular formula is C18H21NO2. The van der Waals surface area contributed by atoms with Gasteiger partial charge in [-0.2, -0.15) is 0 Å². The quantitative estimate of drug-likeness (QED) is 0.885. The highest BCUT2D eigenvalue weighted by Gasteiger charge is 2.43. The van der Waals surface area contributed by atoms with E-state index in [1.165, 1.54) is 5.56 Å². The van der Waals surface area contributed by atoms with Crippen LogP contribution >= 0.6 is 0 Å². The fourth-order valence-electron chi connectivity index (χ4n) is 2.62. The summed E-state index contributed by atoms with van der Waals surface area (Å²) in [5.41, 5.74) is 8.48. The minimum absolute atomic E-state index is 0.164. The van der Waals surface area contributed by atoms with E-state index in [1.807, 2.05) is 24.3 Å². The second-order valence-electron chi connectivity index (χ2n) is 5.62. The zero-order valence-corrected chi connectivity index (χ0v) is 12.3. The van der Waals surface area contributed by atoms with E-state index in [9.17, 15) is 0 Å². The van der Waals surface area contributed by atoms with Crippen molar-refractivity contribution in [3.63, 3.8) is 0 Å². The molecule has 3 heteroatoms. The van der Waals surface area contributed by atoms with Gasteiger partial charge >= 0.3 is 0 Å². The van der Waals surface area contributed by atoms with Gasteiger partial charge in [-0.25, -0.2) is 0 Å². The molecule has 0 radical (unpaired) electrons. The van der Waals surface area contributed by atoms with Gasteiger partial charge in [0.05, 0.1) is 7.11 Å². The molecule has 0 amide bonds. The van der Waals surface area contributed by atoms with Crippen LogP contribution in [0, 0.1) is 0 Å². The third kappa shape index (κ3) is 2.88. The van der Waals surface area contributed by atoms with Gasteiger partial charge in [0, 0.05) is 12.0 Å². The molecule has 0 heterocycles. The lowest BCUT2D eigenvalue weighted by molar-refractivity contribution is 0.284. The molecule has 2 aromatic rings. The molecule has 1 aliphatic carbocycles. The van der Waals surface area contributed by atoms with Crippen molar-refractivity contribution < 1.29 is 9.47 Å². The number of benzene rings is 2. The Labute approximate surface area is 125 Å². The van der Waals surface area contributed by atoms with Gasteiger partial charge in [-0.1, -0.05) is 36.4 Å². The molecule has 0 bridgehead atoms. The largest absolute Gasteiger partial charge is 0.493 e. The molecule has 0 aromatic heterocycles. The number of methoxy groups -OCH3 is 1. The monoisotopic (exact) mass is 283 g/mol. The van der Waals surface area contributed by atoms with Gasteiger partial charge in [-0.15, -0.1) is 0 Å². The van der Waals surface area contributed by atoms with E-state index in [1.54, 1.807) is 7.11 Å². The lowest BCUT2D eigenvalue weighted by Gasteiger charge is -2.17. The molecule has 0 aliphatic heterocycles. The fourth-order valence-corrected chi connectivity index (χ4v) is 2.62. The molecule has 1 saturated carbocycles. The molecule has 0 unspecified atom stereocenters. The zero-order valence-electron chi connectivity index (χ0n) is 12.3. The summed E-state index contributed by atoms with van der Waals surface area (Å²) in [5.74, 6) is 1.56. The molecule has 110 valence electrons. The summed E-state index contributed by atoms with van der Waals surface area (Å²) < 4.78 is 11.4. The first kappa shape index (κ1) is 14.0. The van der Waals surface area contributed by atoms with Crippen LogP contribution in [0.1, 0.15) is 24.0 Å². The maximum absolute atomic E-state index is 5.96. The first-order valence-electron chi connectivity index (χ1n) is 7.33. The molecule has 2 N–H and O–H groups in total. The van der Waals surface area contributed by atoms with Crippen molar-refractivity contribution in [3.8, 4) is 11.5 Å². The van der Waals surface area contributed by atoms with Gasteiger partial charge < -0.3 is 15.2 Å². The van der Waals surface area contributed by atoms with E-state index in [4.69, 9.17) is 15.2 Å². The molecule has 0 saturated heterocycles. The third-order valence-electron chi connectivity index (χ3n) is 4.26. The second-order valence-corrected chi connectivity index (χ2v) is 5.62. The van der Waals surface area contributed by atoms with Crippen LogP contribution in [0.15, 0.2) is 48.5 Å². The Morgan fingerprint density at radius 3 is 2.43 bits per heavy atom. The van der Waals surface area contributed by atoms with Crippen LogP contribution in [0.5, 0.6) is 11.5 Å².